The van der Waals surface area contributed by atoms with Gasteiger partial charge in [-0.05, 0) is 51.6 Å². The first kappa shape index (κ1) is 22.0. The molecule has 170 valence electrons. The van der Waals surface area contributed by atoms with Crippen LogP contribution in [0.15, 0.2) is 6.33 Å². The van der Waals surface area contributed by atoms with E-state index in [1.54, 1.807) is 6.33 Å². The molecule has 5 atom stereocenters. The van der Waals surface area contributed by atoms with Crippen LogP contribution >= 0.6 is 30.8 Å². The zero-order valence-corrected chi connectivity index (χ0v) is 20.2. The lowest BCUT2D eigenvalue weighted by Gasteiger charge is -2.27. The Morgan fingerprint density at radius 2 is 1.94 bits per heavy atom. The monoisotopic (exact) mass is 490 g/mol. The van der Waals surface area contributed by atoms with Crippen LogP contribution in [0.25, 0.3) is 11.2 Å². The predicted octanol–water partition coefficient (Wildman–Crippen LogP) is 4.48. The molecule has 1 saturated heterocycles. The molecule has 2 aliphatic carbocycles. The fourth-order valence-electron chi connectivity index (χ4n) is 5.43. The van der Waals surface area contributed by atoms with Gasteiger partial charge in [-0.2, -0.15) is 4.98 Å². The van der Waals surface area contributed by atoms with Gasteiger partial charge in [0.05, 0.1) is 37.8 Å². The molecule has 9 nitrogen and oxygen atoms in total. The van der Waals surface area contributed by atoms with Crippen LogP contribution in [0.3, 0.4) is 0 Å². The lowest BCUT2D eigenvalue weighted by molar-refractivity contribution is -0.160. The van der Waals surface area contributed by atoms with Crippen LogP contribution in [0.1, 0.15) is 40.2 Å². The lowest BCUT2D eigenvalue weighted by Crippen LogP contribution is -2.33. The Bertz CT molecular complexity index is 1070. The van der Waals surface area contributed by atoms with E-state index in [4.69, 9.17) is 41.7 Å². The van der Waals surface area contributed by atoms with Gasteiger partial charge in [-0.3, -0.25) is 4.57 Å². The second-order valence-electron chi connectivity index (χ2n) is 8.77. The fraction of sp³-hybridized carbons (Fsp3) is 0.737. The molecule has 1 aliphatic heterocycles. The van der Waals surface area contributed by atoms with Crippen LogP contribution in [0.5, 0.6) is 0 Å². The molecule has 5 rings (SSSR count). The van der Waals surface area contributed by atoms with Gasteiger partial charge in [-0.1, -0.05) is 11.6 Å². The first-order valence-corrected chi connectivity index (χ1v) is 12.9. The maximum atomic E-state index is 13.4. The Kier molecular flexibility index (Phi) is 5.22. The van der Waals surface area contributed by atoms with Gasteiger partial charge in [0, 0.05) is 5.41 Å². The zero-order chi connectivity index (χ0) is 22.2. The van der Waals surface area contributed by atoms with E-state index in [9.17, 15) is 4.57 Å². The van der Waals surface area contributed by atoms with Crippen LogP contribution in [-0.2, 0) is 23.1 Å². The molecule has 0 radical (unpaired) electrons. The molecular weight excluding hydrogens is 466 g/mol. The molecule has 0 aromatic carbocycles. The molecule has 2 aromatic rings. The first-order valence-electron chi connectivity index (χ1n) is 10.4. The quantitative estimate of drug-likeness (QED) is 0.318. The van der Waals surface area contributed by atoms with E-state index in [0.717, 1.165) is 6.42 Å². The Balaban J connectivity index is 1.56. The summed E-state index contributed by atoms with van der Waals surface area (Å²) in [5, 5.41) is 0.253. The van der Waals surface area contributed by atoms with Crippen LogP contribution in [0.4, 0.5) is 0 Å². The SMILES string of the molecule is CCOP(=O)(C[C@@]12C[C@@H]1[C@@H](n1cnc3c(Cl)nc(Cl)nc31)[C@@H]1OC(C)(C)O[C@@H]12)OCC. The van der Waals surface area contributed by atoms with Gasteiger partial charge in [0.15, 0.2) is 16.6 Å². The number of aromatic nitrogens is 4. The predicted molar refractivity (Wildman–Crippen MR) is 114 cm³/mol. The van der Waals surface area contributed by atoms with Crippen molar-refractivity contribution < 1.29 is 23.1 Å². The molecule has 2 saturated carbocycles. The molecule has 12 heteroatoms. The molecule has 0 bridgehead atoms. The van der Waals surface area contributed by atoms with Gasteiger partial charge in [0.1, 0.15) is 11.6 Å². The van der Waals surface area contributed by atoms with E-state index in [1.165, 1.54) is 0 Å². The highest BCUT2D eigenvalue weighted by Gasteiger charge is 2.77. The van der Waals surface area contributed by atoms with Gasteiger partial charge >= 0.3 is 7.60 Å². The molecule has 0 spiro atoms. The summed E-state index contributed by atoms with van der Waals surface area (Å²) in [5.41, 5.74) is 0.649. The molecule has 31 heavy (non-hydrogen) atoms. The largest absolute Gasteiger partial charge is 0.344 e. The number of halogens is 2. The molecule has 0 N–H and O–H groups in total. The van der Waals surface area contributed by atoms with Crippen molar-refractivity contribution in [3.05, 3.63) is 16.8 Å². The van der Waals surface area contributed by atoms with Gasteiger partial charge in [0.2, 0.25) is 5.28 Å². The minimum absolute atomic E-state index is 0.0527. The molecule has 0 amide bonds. The second kappa shape index (κ2) is 7.35. The lowest BCUT2D eigenvalue weighted by atomic mass is 10.0. The highest BCUT2D eigenvalue weighted by Crippen LogP contribution is 2.75. The molecule has 0 unspecified atom stereocenters. The standard InChI is InChI=1S/C19H25Cl2N4O5P/c1-5-27-31(26,28-6-2)8-19-7-10(19)12(13-14(19)30-18(3,4)29-13)25-9-22-11-15(20)23-17(21)24-16(11)25/h9-10,12-14H,5-8H2,1-4H3/t10-,12-,13+,14+,19+/m1/s1. The summed E-state index contributed by atoms with van der Waals surface area (Å²) >= 11 is 12.3. The maximum absolute atomic E-state index is 13.4. The molecule has 3 heterocycles. The van der Waals surface area contributed by atoms with Gasteiger partial charge < -0.3 is 23.1 Å². The summed E-state index contributed by atoms with van der Waals surface area (Å²) in [6, 6.07) is -0.129. The van der Waals surface area contributed by atoms with E-state index in [1.807, 2.05) is 32.3 Å². The second-order valence-corrected chi connectivity index (χ2v) is 11.5. The summed E-state index contributed by atoms with van der Waals surface area (Å²) in [6.45, 7) is 8.05. The van der Waals surface area contributed by atoms with Crippen molar-refractivity contribution >= 4 is 42.0 Å². The minimum Gasteiger partial charge on any atom is -0.344 e. The van der Waals surface area contributed by atoms with Crippen molar-refractivity contribution in [2.75, 3.05) is 19.4 Å². The van der Waals surface area contributed by atoms with E-state index in [2.05, 4.69) is 15.0 Å². The summed E-state index contributed by atoms with van der Waals surface area (Å²) in [7, 11) is -3.28. The third kappa shape index (κ3) is 3.44. The average molecular weight is 491 g/mol. The fourth-order valence-corrected chi connectivity index (χ4v) is 8.16. The highest BCUT2D eigenvalue weighted by atomic mass is 35.5. The summed E-state index contributed by atoms with van der Waals surface area (Å²) < 4.78 is 39.3. The first-order chi connectivity index (χ1) is 14.6. The van der Waals surface area contributed by atoms with Crippen molar-refractivity contribution in [2.24, 2.45) is 11.3 Å². The van der Waals surface area contributed by atoms with E-state index >= 15 is 0 Å². The number of hydrogen-bond donors (Lipinski definition) is 0. The van der Waals surface area contributed by atoms with Crippen molar-refractivity contribution in [1.29, 1.82) is 0 Å². The van der Waals surface area contributed by atoms with Crippen LogP contribution in [0.2, 0.25) is 10.4 Å². The van der Waals surface area contributed by atoms with E-state index < -0.39 is 13.4 Å². The summed E-state index contributed by atoms with van der Waals surface area (Å²) in [6.07, 6.45) is 2.27. The Labute approximate surface area is 190 Å². The topological polar surface area (TPSA) is 97.6 Å². The number of ether oxygens (including phenoxy) is 2. The third-order valence-corrected chi connectivity index (χ3v) is 9.15. The number of hydrogen-bond acceptors (Lipinski definition) is 8. The van der Waals surface area contributed by atoms with Crippen LogP contribution < -0.4 is 0 Å². The molecule has 3 fully saturated rings. The normalized spacial score (nSPS) is 33.6. The van der Waals surface area contributed by atoms with Gasteiger partial charge in [0.25, 0.3) is 0 Å². The third-order valence-electron chi connectivity index (χ3n) is 6.44. The minimum atomic E-state index is -3.28. The number of rotatable bonds is 7. The Morgan fingerprint density at radius 1 is 1.23 bits per heavy atom. The Hall–Kier alpha value is -0.800. The van der Waals surface area contributed by atoms with Crippen molar-refractivity contribution in [3.8, 4) is 0 Å². The summed E-state index contributed by atoms with van der Waals surface area (Å²) in [5.74, 6) is -0.631. The van der Waals surface area contributed by atoms with Crippen LogP contribution in [0, 0.1) is 11.3 Å². The smallest absolute Gasteiger partial charge is 0.331 e. The van der Waals surface area contributed by atoms with Crippen molar-refractivity contribution in [1.82, 2.24) is 19.5 Å². The number of nitrogens with zero attached hydrogens (tertiary/aromatic N) is 4. The Morgan fingerprint density at radius 3 is 2.61 bits per heavy atom. The van der Waals surface area contributed by atoms with Gasteiger partial charge in [-0.25, -0.2) is 9.97 Å². The molecular formula is C19H25Cl2N4O5P. The molecule has 3 aliphatic rings. The van der Waals surface area contributed by atoms with E-state index in [0.29, 0.717) is 24.4 Å². The summed E-state index contributed by atoms with van der Waals surface area (Å²) in [4.78, 5) is 12.8. The number of imidazole rings is 1. The highest BCUT2D eigenvalue weighted by molar-refractivity contribution is 7.53. The average Bonchev–Trinajstić information content (AvgIpc) is 2.92. The number of fused-ring (bicyclic) bond motifs is 4. The van der Waals surface area contributed by atoms with E-state index in [-0.39, 0.29) is 46.2 Å². The maximum Gasteiger partial charge on any atom is 0.331 e. The molecule has 2 aromatic heterocycles. The zero-order valence-electron chi connectivity index (χ0n) is 17.7. The van der Waals surface area contributed by atoms with Crippen molar-refractivity contribution in [3.63, 3.8) is 0 Å². The van der Waals surface area contributed by atoms with Crippen LogP contribution in [-0.4, -0.2) is 56.9 Å². The van der Waals surface area contributed by atoms with Gasteiger partial charge in [-0.15, -0.1) is 0 Å². The van der Waals surface area contributed by atoms with Crippen molar-refractivity contribution in [2.45, 2.75) is 58.2 Å².